The maximum Gasteiger partial charge on any atom is 0.459 e. The van der Waals surface area contributed by atoms with Crippen LogP contribution >= 0.6 is 15.5 Å². The maximum atomic E-state index is 15.4. The number of rotatable bonds is 20. The minimum atomic E-state index is -4.30. The fraction of sp³-hybridized carbons (Fsp3) is 0.500. The second kappa shape index (κ2) is 23.9. The van der Waals surface area contributed by atoms with Gasteiger partial charge in [0.2, 0.25) is 0 Å². The molecule has 6 rings (SSSR count). The minimum absolute atomic E-state index is 0.152. The van der Waals surface area contributed by atoms with E-state index in [1.807, 2.05) is 9.97 Å². The number of aliphatic hydroxyl groups excluding tert-OH is 2. The molecule has 24 nitrogen and oxygen atoms in total. The first-order chi connectivity index (χ1) is 33.6. The Kier molecular flexibility index (Phi) is 19.0. The van der Waals surface area contributed by atoms with Crippen LogP contribution in [0.3, 0.4) is 0 Å². The number of hydrogen-bond donors (Lipinski definition) is 6. The van der Waals surface area contributed by atoms with Crippen LogP contribution in [0.4, 0.5) is 8.78 Å². The maximum absolute atomic E-state index is 15.4. The van der Waals surface area contributed by atoms with Crippen molar-refractivity contribution >= 4 is 27.4 Å². The molecule has 2 aromatic carbocycles. The van der Waals surface area contributed by atoms with Gasteiger partial charge in [0.05, 0.1) is 25.4 Å². The Bertz CT molecular complexity index is 2620. The molecule has 6 N–H and O–H groups in total. The zero-order valence-electron chi connectivity index (χ0n) is 40.2. The van der Waals surface area contributed by atoms with E-state index < -0.39 is 136 Å². The molecule has 72 heavy (non-hydrogen) atoms. The van der Waals surface area contributed by atoms with E-state index in [0.29, 0.717) is 0 Å². The molecule has 0 bridgehead atoms. The first-order valence-electron chi connectivity index (χ1n) is 22.3. The third-order valence-electron chi connectivity index (χ3n) is 10.5. The monoisotopic (exact) mass is 1060 g/mol. The van der Waals surface area contributed by atoms with Crippen LogP contribution in [-0.4, -0.2) is 115 Å². The highest BCUT2D eigenvalue weighted by Crippen LogP contribution is 2.49. The number of para-hydroxylation sites is 2. The molecule has 0 amide bonds. The summed E-state index contributed by atoms with van der Waals surface area (Å²) in [5.74, 6) is -1.12. The molecule has 0 spiro atoms. The van der Waals surface area contributed by atoms with Crippen LogP contribution in [0.2, 0.25) is 0 Å². The first kappa shape index (κ1) is 57.2. The van der Waals surface area contributed by atoms with E-state index in [0.717, 1.165) is 47.5 Å². The van der Waals surface area contributed by atoms with E-state index in [4.69, 9.17) is 37.0 Å². The summed E-state index contributed by atoms with van der Waals surface area (Å²) in [6, 6.07) is 15.7. The molecule has 4 aromatic rings. The molecule has 0 aliphatic carbocycles. The molecule has 2 aliphatic heterocycles. The number of hydrogen-bond acceptors (Lipinski definition) is 18. The largest absolute Gasteiger partial charge is 0.462 e. The van der Waals surface area contributed by atoms with Crippen LogP contribution in [0.5, 0.6) is 11.5 Å². The summed E-state index contributed by atoms with van der Waals surface area (Å²) >= 11 is 0. The van der Waals surface area contributed by atoms with Crippen molar-refractivity contribution in [3.63, 3.8) is 0 Å². The first-order valence-corrected chi connectivity index (χ1v) is 25.4. The third kappa shape index (κ3) is 14.7. The van der Waals surface area contributed by atoms with Crippen molar-refractivity contribution in [3.05, 3.63) is 127 Å². The van der Waals surface area contributed by atoms with Crippen LogP contribution in [0.15, 0.2) is 104 Å². The molecule has 28 heteroatoms. The average Bonchev–Trinajstić information content (AvgIpc) is 3.66. The normalized spacial score (nSPS) is 26.4. The Hall–Kier alpha value is -5.66. The van der Waals surface area contributed by atoms with Crippen molar-refractivity contribution < 1.29 is 74.8 Å². The minimum Gasteiger partial charge on any atom is -0.462 e. The van der Waals surface area contributed by atoms with Crippen LogP contribution in [0.25, 0.3) is 0 Å². The molecule has 12 atom stereocenters. The molecule has 2 saturated heterocycles. The van der Waals surface area contributed by atoms with E-state index >= 15 is 8.78 Å². The van der Waals surface area contributed by atoms with Gasteiger partial charge >= 0.3 is 38.8 Å². The third-order valence-corrected chi connectivity index (χ3v) is 13.8. The quantitative estimate of drug-likeness (QED) is 0.0546. The zero-order chi connectivity index (χ0) is 53.3. The van der Waals surface area contributed by atoms with Gasteiger partial charge in [-0.15, -0.1) is 0 Å². The van der Waals surface area contributed by atoms with E-state index in [1.165, 1.54) is 38.1 Å². The van der Waals surface area contributed by atoms with Crippen LogP contribution in [0, 0.1) is 0 Å². The van der Waals surface area contributed by atoms with Gasteiger partial charge < -0.3 is 38.2 Å². The predicted octanol–water partition coefficient (Wildman–Crippen LogP) is 3.31. The zero-order valence-corrected chi connectivity index (χ0v) is 42.0. The number of H-pyrrole nitrogens is 2. The van der Waals surface area contributed by atoms with Crippen molar-refractivity contribution in [1.82, 2.24) is 29.3 Å². The van der Waals surface area contributed by atoms with Gasteiger partial charge in [-0.25, -0.2) is 27.5 Å². The summed E-state index contributed by atoms with van der Waals surface area (Å²) in [6.07, 6.45) is -8.42. The number of carbonyl (C=O) groups is 2. The summed E-state index contributed by atoms with van der Waals surface area (Å²) in [5, 5.41) is 26.1. The molecule has 2 aliphatic rings. The molecule has 0 radical (unpaired) electrons. The molecule has 2 aromatic heterocycles. The van der Waals surface area contributed by atoms with E-state index in [-0.39, 0.29) is 11.5 Å². The fourth-order valence-corrected chi connectivity index (χ4v) is 9.94. The number of nitrogens with zero attached hydrogens (tertiary/aromatic N) is 2. The Labute approximate surface area is 410 Å². The number of halogens is 2. The number of carbonyl (C=O) groups excluding carboxylic acids is 2. The number of benzene rings is 2. The van der Waals surface area contributed by atoms with Gasteiger partial charge in [-0.05, 0) is 79.7 Å². The number of aliphatic hydroxyl groups is 2. The Balaban J connectivity index is 0.000000267. The summed E-state index contributed by atoms with van der Waals surface area (Å²) in [7, 11) is -8.61. The van der Waals surface area contributed by atoms with Gasteiger partial charge in [0, 0.05) is 24.5 Å². The highest BCUT2D eigenvalue weighted by molar-refractivity contribution is 7.52. The topological polar surface area (TPSA) is 316 Å². The molecular weight excluding hydrogens is 1000 g/mol. The van der Waals surface area contributed by atoms with Crippen molar-refractivity contribution in [2.45, 2.75) is 128 Å². The number of ether oxygens (including phenoxy) is 4. The number of nitrogens with one attached hydrogen (secondary N) is 4. The highest BCUT2D eigenvalue weighted by atomic mass is 31.2. The summed E-state index contributed by atoms with van der Waals surface area (Å²) in [6.45, 7) is 10.1. The van der Waals surface area contributed by atoms with E-state index in [1.54, 1.807) is 64.1 Å². The lowest BCUT2D eigenvalue weighted by atomic mass is 9.98. The predicted molar refractivity (Wildman–Crippen MR) is 250 cm³/mol. The smallest absolute Gasteiger partial charge is 0.459 e. The summed E-state index contributed by atoms with van der Waals surface area (Å²) in [4.78, 5) is 75.4. The number of aromatic nitrogens is 4. The molecule has 0 saturated carbocycles. The highest BCUT2D eigenvalue weighted by Gasteiger charge is 2.57. The fourth-order valence-electron chi connectivity index (χ4n) is 6.94. The molecule has 396 valence electrons. The molecule has 2 fully saturated rings. The lowest BCUT2D eigenvalue weighted by Gasteiger charge is -2.25. The van der Waals surface area contributed by atoms with Crippen molar-refractivity contribution in [1.29, 1.82) is 0 Å². The molecule has 0 unspecified atom stereocenters. The Morgan fingerprint density at radius 3 is 1.28 bits per heavy atom. The molecular formula is C44H58F2N6O18P2. The Morgan fingerprint density at radius 1 is 0.639 bits per heavy atom. The lowest BCUT2D eigenvalue weighted by molar-refractivity contribution is -0.150. The number of alkyl halides is 2. The van der Waals surface area contributed by atoms with Gasteiger partial charge in [-0.3, -0.25) is 47.3 Å². The van der Waals surface area contributed by atoms with Crippen LogP contribution in [0.1, 0.15) is 67.8 Å². The molecule has 4 heterocycles. The van der Waals surface area contributed by atoms with Crippen molar-refractivity contribution in [2.24, 2.45) is 0 Å². The average molecular weight is 1060 g/mol. The van der Waals surface area contributed by atoms with Crippen molar-refractivity contribution in [3.8, 4) is 11.5 Å². The number of aromatic amines is 2. The summed E-state index contributed by atoms with van der Waals surface area (Å²) in [5.41, 5.74) is -8.23. The number of esters is 2. The lowest BCUT2D eigenvalue weighted by Crippen LogP contribution is -2.43. The van der Waals surface area contributed by atoms with Gasteiger partial charge in [-0.1, -0.05) is 36.4 Å². The second-order valence-corrected chi connectivity index (χ2v) is 20.7. The van der Waals surface area contributed by atoms with Crippen LogP contribution in [-0.2, 0) is 46.7 Å². The van der Waals surface area contributed by atoms with Crippen LogP contribution < -0.4 is 41.7 Å². The van der Waals surface area contributed by atoms with Gasteiger partial charge in [0.1, 0.15) is 48.0 Å². The Morgan fingerprint density at radius 2 is 0.972 bits per heavy atom. The SMILES string of the molecule is CC(C)OC(=O)[C@H](C)N[P@@](=O)(OC[C@H]1O[C@@H](n2ccc(=O)[nH]c2=O)[C@](C)(F)[C@@H]1O)Oc1ccccc1.CC(C)OC(=O)[C@H](C)N[P@](=O)(OC[C@H]1O[C@@H](n2ccc(=O)[nH]c2=O)[C@](C)(F)[C@@H]1O)Oc1ccccc1. The van der Waals surface area contributed by atoms with E-state index in [2.05, 4.69) is 10.2 Å². The second-order valence-electron chi connectivity index (χ2n) is 17.3. The standard InChI is InChI=1S/2C22H29FN3O9P/c2*1-13(2)33-19(29)14(3)25-36(31,35-15-8-6-5-7-9-15)32-12-16-18(28)22(4,23)20(34-16)26-11-10-17(27)24-21(26)30/h2*5-11,13-14,16,18,20,28H,12H2,1-4H3,(H,25,31)(H,24,27,30)/t14-,16+,18+,20+,22+,36+;14-,16+,18+,20+,22+,36-/m00/s1. The van der Waals surface area contributed by atoms with E-state index in [9.17, 15) is 48.1 Å². The van der Waals surface area contributed by atoms with Gasteiger partial charge in [0.25, 0.3) is 11.1 Å². The van der Waals surface area contributed by atoms with Gasteiger partial charge in [0.15, 0.2) is 23.8 Å². The van der Waals surface area contributed by atoms with Gasteiger partial charge in [-0.2, -0.15) is 10.2 Å². The summed E-state index contributed by atoms with van der Waals surface area (Å²) < 4.78 is 103. The van der Waals surface area contributed by atoms with Crippen molar-refractivity contribution in [2.75, 3.05) is 13.2 Å².